The summed E-state index contributed by atoms with van der Waals surface area (Å²) in [6.45, 7) is 1.73. The molecule has 1 saturated heterocycles. The molecule has 1 aliphatic rings. The van der Waals surface area contributed by atoms with Crippen molar-refractivity contribution in [2.75, 3.05) is 13.1 Å². The minimum atomic E-state index is -0.222. The lowest BCUT2D eigenvalue weighted by molar-refractivity contribution is -0.0202. The summed E-state index contributed by atoms with van der Waals surface area (Å²) >= 11 is 12.2. The summed E-state index contributed by atoms with van der Waals surface area (Å²) in [6.07, 6.45) is 1.66. The highest BCUT2D eigenvalue weighted by atomic mass is 35.5. The average Bonchev–Trinajstić information content (AvgIpc) is 2.41. The van der Waals surface area contributed by atoms with Crippen LogP contribution in [0.5, 0.6) is 0 Å². The van der Waals surface area contributed by atoms with Crippen molar-refractivity contribution in [3.8, 4) is 0 Å². The Bertz CT molecular complexity index is 588. The van der Waals surface area contributed by atoms with Gasteiger partial charge in [-0.1, -0.05) is 41.4 Å². The second kappa shape index (κ2) is 7.43. The Labute approximate surface area is 140 Å². The van der Waals surface area contributed by atoms with Gasteiger partial charge in [-0.15, -0.1) is 12.4 Å². The zero-order valence-corrected chi connectivity index (χ0v) is 13.5. The monoisotopic (exact) mass is 344 g/mol. The number of hydrogen-bond donors (Lipinski definition) is 1. The first kappa shape index (κ1) is 16.5. The van der Waals surface area contributed by atoms with Crippen LogP contribution in [0, 0.1) is 0 Å². The quantitative estimate of drug-likeness (QED) is 0.854. The third-order valence-electron chi connectivity index (χ3n) is 3.32. The summed E-state index contributed by atoms with van der Waals surface area (Å²) in [5.74, 6) is 0. The third kappa shape index (κ3) is 3.87. The molecule has 2 heterocycles. The fraction of sp³-hybridized carbons (Fsp3) is 0.267. The van der Waals surface area contributed by atoms with Crippen LogP contribution >= 0.6 is 35.6 Å². The van der Waals surface area contributed by atoms with Crippen molar-refractivity contribution in [3.05, 3.63) is 63.9 Å². The van der Waals surface area contributed by atoms with Gasteiger partial charge in [-0.3, -0.25) is 0 Å². The van der Waals surface area contributed by atoms with Crippen LogP contribution in [0.25, 0.3) is 0 Å². The number of nitrogens with zero attached hydrogens (tertiary/aromatic N) is 1. The maximum absolute atomic E-state index is 6.21. The summed E-state index contributed by atoms with van der Waals surface area (Å²) in [7, 11) is 0. The van der Waals surface area contributed by atoms with E-state index < -0.39 is 0 Å². The van der Waals surface area contributed by atoms with Gasteiger partial charge in [0.1, 0.15) is 11.3 Å². The van der Waals surface area contributed by atoms with Gasteiger partial charge in [0.15, 0.2) is 0 Å². The van der Waals surface area contributed by atoms with E-state index in [-0.39, 0.29) is 24.6 Å². The molecule has 1 N–H and O–H groups in total. The lowest BCUT2D eigenvalue weighted by atomic mass is 10.0. The molecule has 21 heavy (non-hydrogen) atoms. The van der Waals surface area contributed by atoms with Crippen molar-refractivity contribution >= 4 is 35.6 Å². The van der Waals surface area contributed by atoms with E-state index in [1.54, 1.807) is 6.20 Å². The largest absolute Gasteiger partial charge is 0.363 e. The van der Waals surface area contributed by atoms with Gasteiger partial charge < -0.3 is 10.1 Å². The standard InChI is InChI=1S/C15H14Cl2N2O.ClH/c16-11-5-3-10(4-6-11)14(20-12-8-18-9-12)13-2-1-7-19-15(13)17;/h1-7,12,14,18H,8-9H2;1H. The lowest BCUT2D eigenvalue weighted by Gasteiger charge is -2.32. The molecule has 0 bridgehead atoms. The molecular weight excluding hydrogens is 331 g/mol. The first-order chi connectivity index (χ1) is 9.74. The summed E-state index contributed by atoms with van der Waals surface area (Å²) in [5.41, 5.74) is 1.90. The fourth-order valence-electron chi connectivity index (χ4n) is 2.11. The summed E-state index contributed by atoms with van der Waals surface area (Å²) in [4.78, 5) is 4.14. The Hall–Kier alpha value is -0.840. The Morgan fingerprint density at radius 2 is 1.86 bits per heavy atom. The zero-order chi connectivity index (χ0) is 13.9. The summed E-state index contributed by atoms with van der Waals surface area (Å²) < 4.78 is 6.15. The molecule has 3 nitrogen and oxygen atoms in total. The van der Waals surface area contributed by atoms with E-state index in [0.29, 0.717) is 10.2 Å². The van der Waals surface area contributed by atoms with E-state index in [0.717, 1.165) is 24.2 Å². The molecule has 112 valence electrons. The number of halogens is 3. The molecule has 6 heteroatoms. The van der Waals surface area contributed by atoms with Crippen LogP contribution in [0.3, 0.4) is 0 Å². The zero-order valence-electron chi connectivity index (χ0n) is 11.1. The number of rotatable bonds is 4. The molecule has 1 aromatic heterocycles. The van der Waals surface area contributed by atoms with Crippen molar-refractivity contribution in [3.63, 3.8) is 0 Å². The maximum atomic E-state index is 6.21. The highest BCUT2D eigenvalue weighted by molar-refractivity contribution is 6.30. The van der Waals surface area contributed by atoms with E-state index in [4.69, 9.17) is 27.9 Å². The van der Waals surface area contributed by atoms with E-state index in [9.17, 15) is 0 Å². The van der Waals surface area contributed by atoms with Crippen molar-refractivity contribution in [2.24, 2.45) is 0 Å². The number of hydrogen-bond acceptors (Lipinski definition) is 3. The molecule has 0 aliphatic carbocycles. The first-order valence-corrected chi connectivity index (χ1v) is 7.21. The Morgan fingerprint density at radius 3 is 2.43 bits per heavy atom. The maximum Gasteiger partial charge on any atom is 0.135 e. The predicted octanol–water partition coefficient (Wildman–Crippen LogP) is 3.89. The van der Waals surface area contributed by atoms with Crippen LogP contribution < -0.4 is 5.32 Å². The van der Waals surface area contributed by atoms with Gasteiger partial charge in [0, 0.05) is 29.9 Å². The van der Waals surface area contributed by atoms with E-state index >= 15 is 0 Å². The van der Waals surface area contributed by atoms with Gasteiger partial charge >= 0.3 is 0 Å². The Morgan fingerprint density at radius 1 is 1.14 bits per heavy atom. The molecule has 1 unspecified atom stereocenters. The minimum Gasteiger partial charge on any atom is -0.363 e. The summed E-state index contributed by atoms with van der Waals surface area (Å²) in [6, 6.07) is 11.4. The molecule has 0 spiro atoms. The molecular formula is C15H15Cl3N2O. The highest BCUT2D eigenvalue weighted by Crippen LogP contribution is 2.32. The van der Waals surface area contributed by atoms with Crippen molar-refractivity contribution in [1.82, 2.24) is 10.3 Å². The lowest BCUT2D eigenvalue weighted by Crippen LogP contribution is -2.49. The van der Waals surface area contributed by atoms with Crippen molar-refractivity contribution in [2.45, 2.75) is 12.2 Å². The highest BCUT2D eigenvalue weighted by Gasteiger charge is 2.26. The fourth-order valence-corrected chi connectivity index (χ4v) is 2.46. The Balaban J connectivity index is 0.00000161. The molecule has 1 atom stereocenters. The van der Waals surface area contributed by atoms with Gasteiger partial charge in [-0.25, -0.2) is 4.98 Å². The van der Waals surface area contributed by atoms with Crippen LogP contribution in [0.1, 0.15) is 17.2 Å². The van der Waals surface area contributed by atoms with Crippen LogP contribution in [-0.2, 0) is 4.74 Å². The van der Waals surface area contributed by atoms with E-state index in [1.165, 1.54) is 0 Å². The van der Waals surface area contributed by atoms with Gasteiger partial charge in [-0.05, 0) is 23.8 Å². The van der Waals surface area contributed by atoms with Gasteiger partial charge in [0.25, 0.3) is 0 Å². The van der Waals surface area contributed by atoms with Crippen LogP contribution in [0.2, 0.25) is 10.2 Å². The third-order valence-corrected chi connectivity index (χ3v) is 3.88. The molecule has 2 aromatic rings. The molecule has 1 aromatic carbocycles. The number of ether oxygens (including phenoxy) is 1. The normalized spacial score (nSPS) is 15.9. The molecule has 0 radical (unpaired) electrons. The number of aromatic nitrogens is 1. The molecule has 1 aliphatic heterocycles. The van der Waals surface area contributed by atoms with Crippen molar-refractivity contribution < 1.29 is 4.74 Å². The smallest absolute Gasteiger partial charge is 0.135 e. The summed E-state index contributed by atoms with van der Waals surface area (Å²) in [5, 5.41) is 4.37. The topological polar surface area (TPSA) is 34.1 Å². The number of nitrogens with one attached hydrogen (secondary N) is 1. The Kier molecular flexibility index (Phi) is 5.85. The molecule has 3 rings (SSSR count). The molecule has 0 saturated carbocycles. The SMILES string of the molecule is Cl.Clc1ccc(C(OC2CNC2)c2cccnc2Cl)cc1. The van der Waals surface area contributed by atoms with Crippen molar-refractivity contribution in [1.29, 1.82) is 0 Å². The van der Waals surface area contributed by atoms with Gasteiger partial charge in [0.2, 0.25) is 0 Å². The average molecular weight is 346 g/mol. The number of pyridine rings is 1. The number of benzene rings is 1. The second-order valence-corrected chi connectivity index (χ2v) is 5.53. The van der Waals surface area contributed by atoms with E-state index in [1.807, 2.05) is 36.4 Å². The first-order valence-electron chi connectivity index (χ1n) is 6.46. The van der Waals surface area contributed by atoms with Crippen LogP contribution in [-0.4, -0.2) is 24.2 Å². The van der Waals surface area contributed by atoms with Crippen LogP contribution in [0.4, 0.5) is 0 Å². The van der Waals surface area contributed by atoms with Gasteiger partial charge in [0.05, 0.1) is 6.10 Å². The molecule has 1 fully saturated rings. The van der Waals surface area contributed by atoms with Gasteiger partial charge in [-0.2, -0.15) is 0 Å². The predicted molar refractivity (Wildman–Crippen MR) is 87.5 cm³/mol. The van der Waals surface area contributed by atoms with E-state index in [2.05, 4.69) is 10.3 Å². The van der Waals surface area contributed by atoms with Crippen LogP contribution in [0.15, 0.2) is 42.6 Å². The minimum absolute atomic E-state index is 0. The second-order valence-electron chi connectivity index (χ2n) is 4.73. The molecule has 0 amide bonds.